The van der Waals surface area contributed by atoms with Crippen molar-refractivity contribution in [1.29, 1.82) is 0 Å². The van der Waals surface area contributed by atoms with Gasteiger partial charge in [-0.05, 0) is 41.5 Å². The van der Waals surface area contributed by atoms with E-state index in [-0.39, 0.29) is 19.0 Å². The molecule has 0 atom stereocenters. The van der Waals surface area contributed by atoms with Gasteiger partial charge in [-0.3, -0.25) is 20.2 Å². The van der Waals surface area contributed by atoms with Crippen molar-refractivity contribution in [3.8, 4) is 0 Å². The summed E-state index contributed by atoms with van der Waals surface area (Å²) in [5.41, 5.74) is 4.03. The number of alkyl carbamates (subject to hydrolysis) is 2. The molecule has 0 aliphatic carbocycles. The Morgan fingerprint density at radius 1 is 1.00 bits per heavy atom. The number of hydrogen-bond donors (Lipinski definition) is 4. The van der Waals surface area contributed by atoms with E-state index in [1.165, 1.54) is 0 Å². The summed E-state index contributed by atoms with van der Waals surface area (Å²) >= 11 is 0. The van der Waals surface area contributed by atoms with Gasteiger partial charge in [-0.25, -0.2) is 9.59 Å². The summed E-state index contributed by atoms with van der Waals surface area (Å²) in [7, 11) is -3.67. The minimum atomic E-state index is -3.67. The van der Waals surface area contributed by atoms with E-state index in [1.54, 1.807) is 41.5 Å². The minimum Gasteiger partial charge on any atom is -0.444 e. The second-order valence-electron chi connectivity index (χ2n) is 7.01. The van der Waals surface area contributed by atoms with Crippen LogP contribution in [0.4, 0.5) is 9.59 Å². The zero-order valence-corrected chi connectivity index (χ0v) is 17.1. The number of amides is 2. The Hall–Kier alpha value is -1.92. The van der Waals surface area contributed by atoms with Crippen LogP contribution in [0.25, 0.3) is 0 Å². The molecule has 0 unspecified atom stereocenters. The molecule has 0 aromatic carbocycles. The Kier molecular flexibility index (Phi) is 11.1. The van der Waals surface area contributed by atoms with Crippen molar-refractivity contribution >= 4 is 28.3 Å². The van der Waals surface area contributed by atoms with Gasteiger partial charge in [-0.15, -0.1) is 0 Å². The summed E-state index contributed by atoms with van der Waals surface area (Å²) in [6, 6.07) is 0. The van der Waals surface area contributed by atoms with E-state index in [9.17, 15) is 18.0 Å². The van der Waals surface area contributed by atoms with Crippen molar-refractivity contribution < 1.29 is 32.0 Å². The topological polar surface area (TPSA) is 169 Å². The van der Waals surface area contributed by atoms with Gasteiger partial charge in [0.2, 0.25) is 5.96 Å². The average Bonchev–Trinajstić information content (AvgIpc) is 2.28. The quantitative estimate of drug-likeness (QED) is 0.301. The zero-order chi connectivity index (χ0) is 21.2. The second-order valence-corrected chi connectivity index (χ2v) is 8.47. The normalized spacial score (nSPS) is 11.4. The van der Waals surface area contributed by atoms with Gasteiger partial charge in [0.05, 0.1) is 12.8 Å². The summed E-state index contributed by atoms with van der Waals surface area (Å²) < 4.78 is 36.0. The lowest BCUT2D eigenvalue weighted by atomic mass is 10.2. The van der Waals surface area contributed by atoms with Crippen molar-refractivity contribution in [2.75, 3.05) is 19.3 Å². The van der Waals surface area contributed by atoms with Gasteiger partial charge in [0.1, 0.15) is 11.2 Å². The van der Waals surface area contributed by atoms with Gasteiger partial charge in [-0.2, -0.15) is 8.42 Å². The first-order valence-electron chi connectivity index (χ1n) is 7.60. The molecule has 0 aromatic heterocycles. The molecule has 26 heavy (non-hydrogen) atoms. The van der Waals surface area contributed by atoms with E-state index < -0.39 is 33.5 Å². The maximum atomic E-state index is 11.7. The average molecular weight is 398 g/mol. The van der Waals surface area contributed by atoms with Crippen LogP contribution in [-0.4, -0.2) is 61.7 Å². The highest BCUT2D eigenvalue weighted by atomic mass is 32.2. The standard InChI is InChI=1S/C13H26N4O4.CH4O3S/c1-12(2,3)20-10(18)16-9(15-8-7-14)17-11(19)21-13(4,5)6;1-5(2,3)4/h7-8,14H2,1-6H3,(H2,15,16,17,18,19);1H3,(H,2,3,4). The van der Waals surface area contributed by atoms with E-state index in [1.807, 2.05) is 0 Å². The third-order valence-corrected chi connectivity index (χ3v) is 1.64. The van der Waals surface area contributed by atoms with Crippen molar-refractivity contribution in [3.05, 3.63) is 0 Å². The molecule has 0 fully saturated rings. The number of ether oxygens (including phenoxy) is 2. The third-order valence-electron chi connectivity index (χ3n) is 1.64. The first-order valence-corrected chi connectivity index (χ1v) is 9.45. The molecule has 0 bridgehead atoms. The van der Waals surface area contributed by atoms with Crippen LogP contribution in [0.5, 0.6) is 0 Å². The molecule has 0 aliphatic heterocycles. The van der Waals surface area contributed by atoms with Crippen molar-refractivity contribution in [2.24, 2.45) is 10.7 Å². The highest BCUT2D eigenvalue weighted by Crippen LogP contribution is 2.07. The largest absolute Gasteiger partial charge is 0.444 e. The third kappa shape index (κ3) is 24.3. The van der Waals surface area contributed by atoms with Crippen LogP contribution in [0.1, 0.15) is 41.5 Å². The number of nitrogens with two attached hydrogens (primary N) is 1. The number of hydrogen-bond acceptors (Lipinski definition) is 8. The van der Waals surface area contributed by atoms with E-state index in [2.05, 4.69) is 15.6 Å². The summed E-state index contributed by atoms with van der Waals surface area (Å²) in [4.78, 5) is 27.3. The zero-order valence-electron chi connectivity index (χ0n) is 16.2. The molecule has 0 aromatic rings. The molecule has 2 amide bonds. The van der Waals surface area contributed by atoms with Crippen molar-refractivity contribution in [1.82, 2.24) is 10.6 Å². The molecular formula is C14H30N4O7S. The fraction of sp³-hybridized carbons (Fsp3) is 0.786. The molecule has 5 N–H and O–H groups in total. The number of nitrogens with one attached hydrogen (secondary N) is 2. The lowest BCUT2D eigenvalue weighted by Crippen LogP contribution is -2.47. The Morgan fingerprint density at radius 3 is 1.54 bits per heavy atom. The lowest BCUT2D eigenvalue weighted by molar-refractivity contribution is 0.0545. The highest BCUT2D eigenvalue weighted by molar-refractivity contribution is 7.85. The number of nitrogens with zero attached hydrogens (tertiary/aromatic N) is 1. The van der Waals surface area contributed by atoms with E-state index in [4.69, 9.17) is 19.8 Å². The Labute approximate surface area is 154 Å². The van der Waals surface area contributed by atoms with Crippen LogP contribution in [0.3, 0.4) is 0 Å². The maximum Gasteiger partial charge on any atom is 0.414 e. The van der Waals surface area contributed by atoms with Crippen molar-refractivity contribution in [2.45, 2.75) is 52.7 Å². The van der Waals surface area contributed by atoms with E-state index >= 15 is 0 Å². The Morgan fingerprint density at radius 2 is 1.31 bits per heavy atom. The monoisotopic (exact) mass is 398 g/mol. The lowest BCUT2D eigenvalue weighted by Gasteiger charge is -2.22. The number of carbonyl (C=O) groups is 2. The summed E-state index contributed by atoms with van der Waals surface area (Å²) in [5.74, 6) is -0.0658. The number of guanidine groups is 1. The molecule has 11 nitrogen and oxygen atoms in total. The molecule has 0 aliphatic rings. The summed E-state index contributed by atoms with van der Waals surface area (Å²) in [6.07, 6.45) is -0.740. The molecule has 0 heterocycles. The first kappa shape index (κ1) is 26.3. The molecule has 154 valence electrons. The van der Waals surface area contributed by atoms with Gasteiger partial charge in [0, 0.05) is 6.54 Å². The molecule has 0 saturated carbocycles. The van der Waals surface area contributed by atoms with Gasteiger partial charge < -0.3 is 15.2 Å². The number of carbonyl (C=O) groups excluding carboxylic acids is 2. The van der Waals surface area contributed by atoms with Crippen LogP contribution >= 0.6 is 0 Å². The van der Waals surface area contributed by atoms with Crippen LogP contribution in [0.15, 0.2) is 4.99 Å². The maximum absolute atomic E-state index is 11.7. The van der Waals surface area contributed by atoms with Gasteiger partial charge in [-0.1, -0.05) is 0 Å². The molecular weight excluding hydrogens is 368 g/mol. The molecule has 0 rings (SSSR count). The molecule has 0 saturated heterocycles. The number of rotatable bonds is 2. The van der Waals surface area contributed by atoms with Crippen LogP contribution < -0.4 is 16.4 Å². The van der Waals surface area contributed by atoms with Gasteiger partial charge >= 0.3 is 12.2 Å². The minimum absolute atomic E-state index is 0.0658. The fourth-order valence-corrected chi connectivity index (χ4v) is 1.09. The highest BCUT2D eigenvalue weighted by Gasteiger charge is 2.20. The van der Waals surface area contributed by atoms with E-state index in [0.717, 1.165) is 0 Å². The summed E-state index contributed by atoms with van der Waals surface area (Å²) in [6.45, 7) is 10.9. The molecule has 12 heteroatoms. The van der Waals surface area contributed by atoms with Crippen molar-refractivity contribution in [3.63, 3.8) is 0 Å². The Bertz CT molecular complexity index is 549. The second kappa shape index (κ2) is 10.9. The molecule has 0 radical (unpaired) electrons. The number of aliphatic imine (C=N–C) groups is 1. The molecule has 0 spiro atoms. The van der Waals surface area contributed by atoms with Crippen LogP contribution in [-0.2, 0) is 19.6 Å². The predicted molar refractivity (Wildman–Crippen MR) is 97.6 cm³/mol. The first-order chi connectivity index (χ1) is 11.4. The van der Waals surface area contributed by atoms with E-state index in [0.29, 0.717) is 6.26 Å². The predicted octanol–water partition coefficient (Wildman–Crippen LogP) is 0.855. The van der Waals surface area contributed by atoms with Gasteiger partial charge in [0.25, 0.3) is 10.1 Å². The smallest absolute Gasteiger partial charge is 0.414 e. The van der Waals surface area contributed by atoms with Crippen LogP contribution in [0, 0.1) is 0 Å². The Balaban J connectivity index is 0. The SMILES string of the molecule is CC(C)(C)OC(=O)NC(=NCCN)NC(=O)OC(C)(C)C.CS(=O)(=O)O. The fourth-order valence-electron chi connectivity index (χ4n) is 1.09. The van der Waals surface area contributed by atoms with Gasteiger partial charge in [0.15, 0.2) is 0 Å². The van der Waals surface area contributed by atoms with Crippen LogP contribution in [0.2, 0.25) is 0 Å². The summed E-state index contributed by atoms with van der Waals surface area (Å²) in [5, 5.41) is 4.69.